The van der Waals surface area contributed by atoms with E-state index in [1.165, 1.54) is 0 Å². The van der Waals surface area contributed by atoms with Crippen molar-refractivity contribution in [2.45, 2.75) is 12.5 Å². The number of aromatic nitrogens is 1. The number of aliphatic hydroxyl groups excluding tert-OH is 1. The third-order valence-electron chi connectivity index (χ3n) is 4.47. The van der Waals surface area contributed by atoms with Gasteiger partial charge in [0.05, 0.1) is 11.7 Å². The minimum Gasteiger partial charge on any atom is -0.387 e. The summed E-state index contributed by atoms with van der Waals surface area (Å²) in [5.74, 6) is 1.16. The van der Waals surface area contributed by atoms with Crippen LogP contribution in [0.3, 0.4) is 0 Å². The Morgan fingerprint density at radius 3 is 2.92 bits per heavy atom. The van der Waals surface area contributed by atoms with E-state index in [4.69, 9.17) is 5.26 Å². The second-order valence-corrected chi connectivity index (χ2v) is 6.23. The molecule has 2 aromatic rings. The van der Waals surface area contributed by atoms with Crippen molar-refractivity contribution < 1.29 is 5.11 Å². The summed E-state index contributed by atoms with van der Waals surface area (Å²) in [5.41, 5.74) is 1.54. The molecule has 0 radical (unpaired) electrons. The van der Waals surface area contributed by atoms with E-state index in [2.05, 4.69) is 21.3 Å². The largest absolute Gasteiger partial charge is 0.387 e. The normalized spacial score (nSPS) is 18.9. The van der Waals surface area contributed by atoms with Crippen LogP contribution in [0, 0.1) is 17.2 Å². The molecule has 3 rings (SSSR count). The SMILES string of the molecule is N#Cc1cccnc1NC[C@@H]1CCN(C[C@H](O)c2ccccc2)C1. The Balaban J connectivity index is 1.48. The van der Waals surface area contributed by atoms with Crippen LogP contribution in [0.2, 0.25) is 0 Å². The molecule has 0 bridgehead atoms. The molecule has 1 fully saturated rings. The Labute approximate surface area is 142 Å². The van der Waals surface area contributed by atoms with E-state index < -0.39 is 6.10 Å². The molecule has 1 aliphatic rings. The summed E-state index contributed by atoms with van der Waals surface area (Å²) in [5, 5.41) is 22.7. The standard InChI is InChI=1S/C19H22N4O/c20-11-17-7-4-9-21-19(17)22-12-15-8-10-23(13-15)14-18(24)16-5-2-1-3-6-16/h1-7,9,15,18,24H,8,10,12-14H2,(H,21,22)/t15-,18-/m0/s1. The van der Waals surface area contributed by atoms with Crippen LogP contribution >= 0.6 is 0 Å². The van der Waals surface area contributed by atoms with E-state index in [-0.39, 0.29) is 0 Å². The van der Waals surface area contributed by atoms with Gasteiger partial charge in [-0.2, -0.15) is 5.26 Å². The molecule has 24 heavy (non-hydrogen) atoms. The number of hydrogen-bond acceptors (Lipinski definition) is 5. The van der Waals surface area contributed by atoms with Gasteiger partial charge in [-0.3, -0.25) is 0 Å². The third kappa shape index (κ3) is 4.10. The van der Waals surface area contributed by atoms with E-state index in [1.54, 1.807) is 18.3 Å². The Bertz CT molecular complexity index is 698. The fraction of sp³-hybridized carbons (Fsp3) is 0.368. The molecule has 5 heteroatoms. The van der Waals surface area contributed by atoms with Crippen LogP contribution < -0.4 is 5.32 Å². The lowest BCUT2D eigenvalue weighted by Crippen LogP contribution is -2.27. The number of aliphatic hydroxyl groups is 1. The second kappa shape index (κ2) is 7.91. The zero-order valence-electron chi connectivity index (χ0n) is 13.6. The van der Waals surface area contributed by atoms with Crippen molar-refractivity contribution in [3.05, 3.63) is 59.8 Å². The maximum atomic E-state index is 10.3. The molecule has 1 saturated heterocycles. The number of β-amino-alcohol motifs (C(OH)–C–C–N with tert-alkyl or cyclic N) is 1. The zero-order chi connectivity index (χ0) is 16.8. The van der Waals surface area contributed by atoms with Crippen LogP contribution in [-0.2, 0) is 0 Å². The molecule has 1 aromatic heterocycles. The number of pyridine rings is 1. The number of nitriles is 1. The van der Waals surface area contributed by atoms with Crippen molar-refractivity contribution in [1.29, 1.82) is 5.26 Å². The number of benzene rings is 1. The van der Waals surface area contributed by atoms with Crippen LogP contribution in [0.15, 0.2) is 48.7 Å². The van der Waals surface area contributed by atoms with Gasteiger partial charge in [0, 0.05) is 25.8 Å². The molecule has 0 saturated carbocycles. The summed E-state index contributed by atoms with van der Waals surface area (Å²) in [6, 6.07) is 15.5. The highest BCUT2D eigenvalue weighted by atomic mass is 16.3. The quantitative estimate of drug-likeness (QED) is 0.854. The highest BCUT2D eigenvalue weighted by Crippen LogP contribution is 2.21. The van der Waals surface area contributed by atoms with Crippen LogP contribution in [0.4, 0.5) is 5.82 Å². The van der Waals surface area contributed by atoms with Gasteiger partial charge in [0.1, 0.15) is 11.9 Å². The van der Waals surface area contributed by atoms with Crippen LogP contribution in [0.5, 0.6) is 0 Å². The van der Waals surface area contributed by atoms with Crippen molar-refractivity contribution in [1.82, 2.24) is 9.88 Å². The number of nitrogens with one attached hydrogen (secondary N) is 1. The molecule has 2 heterocycles. The van der Waals surface area contributed by atoms with Gasteiger partial charge in [-0.1, -0.05) is 30.3 Å². The van der Waals surface area contributed by atoms with Crippen molar-refractivity contribution in [3.8, 4) is 6.07 Å². The van der Waals surface area contributed by atoms with Gasteiger partial charge < -0.3 is 15.3 Å². The van der Waals surface area contributed by atoms with Gasteiger partial charge in [-0.15, -0.1) is 0 Å². The average Bonchev–Trinajstić information content (AvgIpc) is 3.08. The van der Waals surface area contributed by atoms with Gasteiger partial charge in [-0.05, 0) is 36.6 Å². The predicted octanol–water partition coefficient (Wildman–Crippen LogP) is 2.42. The van der Waals surface area contributed by atoms with E-state index in [9.17, 15) is 5.11 Å². The summed E-state index contributed by atoms with van der Waals surface area (Å²) in [4.78, 5) is 6.53. The Hall–Kier alpha value is -2.42. The van der Waals surface area contributed by atoms with Gasteiger partial charge in [0.25, 0.3) is 0 Å². The number of likely N-dealkylation sites (tertiary alicyclic amines) is 1. The van der Waals surface area contributed by atoms with Crippen LogP contribution in [-0.4, -0.2) is 41.2 Å². The summed E-state index contributed by atoms with van der Waals surface area (Å²) >= 11 is 0. The predicted molar refractivity (Wildman–Crippen MR) is 93.4 cm³/mol. The van der Waals surface area contributed by atoms with E-state index in [1.807, 2.05) is 30.3 Å². The number of nitrogens with zero attached hydrogens (tertiary/aromatic N) is 3. The molecule has 1 aromatic carbocycles. The summed E-state index contributed by atoms with van der Waals surface area (Å²) in [6.07, 6.45) is 2.34. The zero-order valence-corrected chi connectivity index (χ0v) is 13.6. The Kier molecular flexibility index (Phi) is 5.42. The average molecular weight is 322 g/mol. The summed E-state index contributed by atoms with van der Waals surface area (Å²) < 4.78 is 0. The molecule has 0 unspecified atom stereocenters. The maximum Gasteiger partial charge on any atom is 0.143 e. The lowest BCUT2D eigenvalue weighted by atomic mass is 10.1. The number of hydrogen-bond donors (Lipinski definition) is 2. The number of rotatable bonds is 6. The molecule has 0 spiro atoms. The van der Waals surface area contributed by atoms with E-state index >= 15 is 0 Å². The van der Waals surface area contributed by atoms with Crippen LogP contribution in [0.1, 0.15) is 23.7 Å². The third-order valence-corrected chi connectivity index (χ3v) is 4.47. The minimum absolute atomic E-state index is 0.445. The lowest BCUT2D eigenvalue weighted by Gasteiger charge is -2.20. The van der Waals surface area contributed by atoms with Crippen molar-refractivity contribution in [3.63, 3.8) is 0 Å². The van der Waals surface area contributed by atoms with E-state index in [0.29, 0.717) is 23.8 Å². The van der Waals surface area contributed by atoms with Gasteiger partial charge in [0.2, 0.25) is 0 Å². The van der Waals surface area contributed by atoms with Gasteiger partial charge in [-0.25, -0.2) is 4.98 Å². The summed E-state index contributed by atoms with van der Waals surface area (Å²) in [6.45, 7) is 3.40. The molecule has 2 N–H and O–H groups in total. The molecular formula is C19H22N4O. The lowest BCUT2D eigenvalue weighted by molar-refractivity contribution is 0.124. The monoisotopic (exact) mass is 322 g/mol. The molecular weight excluding hydrogens is 300 g/mol. The van der Waals surface area contributed by atoms with Crippen molar-refractivity contribution in [2.24, 2.45) is 5.92 Å². The first-order valence-corrected chi connectivity index (χ1v) is 8.30. The molecule has 2 atom stereocenters. The first-order chi connectivity index (χ1) is 11.8. The second-order valence-electron chi connectivity index (χ2n) is 6.23. The fourth-order valence-electron chi connectivity index (χ4n) is 3.15. The van der Waals surface area contributed by atoms with Gasteiger partial charge in [0.15, 0.2) is 0 Å². The van der Waals surface area contributed by atoms with Crippen molar-refractivity contribution in [2.75, 3.05) is 31.5 Å². The molecule has 5 nitrogen and oxygen atoms in total. The minimum atomic E-state index is -0.445. The van der Waals surface area contributed by atoms with Crippen LogP contribution in [0.25, 0.3) is 0 Å². The topological polar surface area (TPSA) is 72.2 Å². The summed E-state index contributed by atoms with van der Waals surface area (Å²) in [7, 11) is 0. The maximum absolute atomic E-state index is 10.3. The Morgan fingerprint density at radius 1 is 1.29 bits per heavy atom. The van der Waals surface area contributed by atoms with Crippen molar-refractivity contribution >= 4 is 5.82 Å². The fourth-order valence-corrected chi connectivity index (χ4v) is 3.15. The number of anilines is 1. The van der Waals surface area contributed by atoms with E-state index in [0.717, 1.165) is 31.6 Å². The molecule has 1 aliphatic heterocycles. The first kappa shape index (κ1) is 16.4. The molecule has 124 valence electrons. The molecule has 0 amide bonds. The highest BCUT2D eigenvalue weighted by Gasteiger charge is 2.24. The van der Waals surface area contributed by atoms with Gasteiger partial charge >= 0.3 is 0 Å². The first-order valence-electron chi connectivity index (χ1n) is 8.30. The molecule has 0 aliphatic carbocycles. The highest BCUT2D eigenvalue weighted by molar-refractivity contribution is 5.51. The Morgan fingerprint density at radius 2 is 2.12 bits per heavy atom. The smallest absolute Gasteiger partial charge is 0.143 e.